The molecule has 0 saturated heterocycles. The van der Waals surface area contributed by atoms with Crippen LogP contribution in [0.1, 0.15) is 5.56 Å². The summed E-state index contributed by atoms with van der Waals surface area (Å²) >= 11 is 0. The van der Waals surface area contributed by atoms with Gasteiger partial charge >= 0.3 is 6.18 Å². The molecule has 0 N–H and O–H groups in total. The lowest BCUT2D eigenvalue weighted by Gasteiger charge is -2.07. The van der Waals surface area contributed by atoms with Crippen molar-refractivity contribution in [3.8, 4) is 0 Å². The van der Waals surface area contributed by atoms with Gasteiger partial charge in [-0.05, 0) is 17.7 Å². The topological polar surface area (TPSA) is 12.9 Å². The van der Waals surface area contributed by atoms with Crippen LogP contribution in [0.25, 0.3) is 0 Å². The van der Waals surface area contributed by atoms with Crippen molar-refractivity contribution in [2.45, 2.75) is 6.18 Å². The molecule has 1 heterocycles. The van der Waals surface area contributed by atoms with Gasteiger partial charge in [-0.2, -0.15) is 13.2 Å². The second-order valence-electron chi connectivity index (χ2n) is 1.93. The molecule has 0 saturated carbocycles. The molecule has 0 bridgehead atoms. The van der Waals surface area contributed by atoms with Gasteiger partial charge in [0.2, 0.25) is 0 Å². The Morgan fingerprint density at radius 3 is 2.36 bits per heavy atom. The molecule has 1 aromatic heterocycles. The molecule has 0 fully saturated rings. The lowest BCUT2D eigenvalue weighted by Crippen LogP contribution is -2.21. The van der Waals surface area contributed by atoms with E-state index in [9.17, 15) is 13.2 Å². The Balaban J connectivity index is 3.14. The molecule has 0 aromatic carbocycles. The van der Waals surface area contributed by atoms with Crippen LogP contribution in [0.2, 0.25) is 0 Å². The quantitative estimate of drug-likeness (QED) is 0.509. The van der Waals surface area contributed by atoms with Crippen molar-refractivity contribution in [2.24, 2.45) is 0 Å². The van der Waals surface area contributed by atoms with E-state index in [4.69, 9.17) is 7.85 Å². The van der Waals surface area contributed by atoms with Crippen molar-refractivity contribution < 1.29 is 13.2 Å². The van der Waals surface area contributed by atoms with E-state index in [1.807, 2.05) is 0 Å². The number of hydrogen-bond acceptors (Lipinski definition) is 1. The largest absolute Gasteiger partial charge is 0.417 e. The van der Waals surface area contributed by atoms with Crippen LogP contribution in [0.4, 0.5) is 13.2 Å². The van der Waals surface area contributed by atoms with E-state index in [0.717, 1.165) is 6.07 Å². The van der Waals surface area contributed by atoms with Crippen LogP contribution >= 0.6 is 0 Å². The number of pyridine rings is 1. The molecule has 11 heavy (non-hydrogen) atoms. The predicted molar refractivity (Wildman–Crippen MR) is 34.6 cm³/mol. The van der Waals surface area contributed by atoms with Gasteiger partial charge in [-0.15, -0.1) is 0 Å². The predicted octanol–water partition coefficient (Wildman–Crippen LogP) is 0.894. The fourth-order valence-corrected chi connectivity index (χ4v) is 0.657. The van der Waals surface area contributed by atoms with Crippen LogP contribution in [0.5, 0.6) is 0 Å². The second-order valence-corrected chi connectivity index (χ2v) is 1.93. The Morgan fingerprint density at radius 1 is 1.36 bits per heavy atom. The van der Waals surface area contributed by atoms with E-state index < -0.39 is 17.3 Å². The van der Waals surface area contributed by atoms with Crippen LogP contribution in [0.3, 0.4) is 0 Å². The molecule has 56 valence electrons. The van der Waals surface area contributed by atoms with Gasteiger partial charge in [-0.1, -0.05) is 0 Å². The first kappa shape index (κ1) is 8.10. The van der Waals surface area contributed by atoms with E-state index >= 15 is 0 Å². The van der Waals surface area contributed by atoms with Gasteiger partial charge in [-0.25, -0.2) is 0 Å². The normalized spacial score (nSPS) is 11.5. The van der Waals surface area contributed by atoms with Crippen LogP contribution in [-0.2, 0) is 6.18 Å². The molecule has 0 aliphatic heterocycles. The third kappa shape index (κ3) is 1.72. The summed E-state index contributed by atoms with van der Waals surface area (Å²) in [5.74, 6) is 0. The highest BCUT2D eigenvalue weighted by molar-refractivity contribution is 6.31. The van der Waals surface area contributed by atoms with Crippen molar-refractivity contribution in [1.29, 1.82) is 0 Å². The van der Waals surface area contributed by atoms with Gasteiger partial charge in [0, 0.05) is 6.20 Å². The SMILES string of the molecule is [B]c1ncccc1C(F)(F)F. The van der Waals surface area contributed by atoms with Crippen LogP contribution in [-0.4, -0.2) is 12.8 Å². The zero-order valence-corrected chi connectivity index (χ0v) is 5.39. The fourth-order valence-electron chi connectivity index (χ4n) is 0.657. The number of nitrogens with zero attached hydrogens (tertiary/aromatic N) is 1. The highest BCUT2D eigenvalue weighted by Crippen LogP contribution is 2.26. The molecule has 0 aliphatic rings. The summed E-state index contributed by atoms with van der Waals surface area (Å²) in [7, 11) is 4.98. The van der Waals surface area contributed by atoms with E-state index in [-0.39, 0.29) is 0 Å². The average Bonchev–Trinajstić information content (AvgIpc) is 1.86. The smallest absolute Gasteiger partial charge is 0.272 e. The zero-order chi connectivity index (χ0) is 8.48. The summed E-state index contributed by atoms with van der Waals surface area (Å²) in [5.41, 5.74) is -1.37. The van der Waals surface area contributed by atoms with Gasteiger partial charge in [0.05, 0.1) is 5.56 Å². The van der Waals surface area contributed by atoms with E-state index in [1.54, 1.807) is 0 Å². The summed E-state index contributed by atoms with van der Waals surface area (Å²) in [4.78, 5) is 3.30. The monoisotopic (exact) mass is 157 g/mol. The molecule has 1 rings (SSSR count). The molecule has 1 aromatic rings. The van der Waals surface area contributed by atoms with Crippen molar-refractivity contribution in [3.63, 3.8) is 0 Å². The van der Waals surface area contributed by atoms with Crippen LogP contribution < -0.4 is 5.59 Å². The van der Waals surface area contributed by atoms with Crippen LogP contribution in [0.15, 0.2) is 18.3 Å². The van der Waals surface area contributed by atoms with Crippen molar-refractivity contribution in [1.82, 2.24) is 4.98 Å². The number of rotatable bonds is 0. The standard InChI is InChI=1S/C6H3BF3N/c7-5-4(6(8,9)10)2-1-3-11-5/h1-3H. The molecule has 2 radical (unpaired) electrons. The number of alkyl halides is 3. The molecular formula is C6H3BF3N. The fraction of sp³-hybridized carbons (Fsp3) is 0.167. The Hall–Kier alpha value is -0.995. The number of hydrogen-bond donors (Lipinski definition) is 0. The van der Waals surface area contributed by atoms with E-state index in [2.05, 4.69) is 4.98 Å². The van der Waals surface area contributed by atoms with Gasteiger partial charge < -0.3 is 0 Å². The average molecular weight is 157 g/mol. The minimum Gasteiger partial charge on any atom is -0.272 e. The van der Waals surface area contributed by atoms with Crippen molar-refractivity contribution in [2.75, 3.05) is 0 Å². The lowest BCUT2D eigenvalue weighted by atomic mass is 9.97. The maximum absolute atomic E-state index is 11.9. The lowest BCUT2D eigenvalue weighted by molar-refractivity contribution is -0.136. The third-order valence-corrected chi connectivity index (χ3v) is 1.14. The second kappa shape index (κ2) is 2.56. The summed E-state index contributed by atoms with van der Waals surface area (Å²) in [6.07, 6.45) is -3.19. The number of halogens is 3. The Morgan fingerprint density at radius 2 is 2.00 bits per heavy atom. The summed E-state index contributed by atoms with van der Waals surface area (Å²) in [6, 6.07) is 2.08. The molecule has 0 unspecified atom stereocenters. The minimum absolute atomic E-state index is 0.486. The molecule has 0 amide bonds. The first-order chi connectivity index (χ1) is 5.02. The summed E-state index contributed by atoms with van der Waals surface area (Å²) < 4.78 is 35.8. The molecule has 1 nitrogen and oxygen atoms in total. The Bertz CT molecular complexity index is 258. The first-order valence-electron chi connectivity index (χ1n) is 2.79. The zero-order valence-electron chi connectivity index (χ0n) is 5.39. The maximum Gasteiger partial charge on any atom is 0.417 e. The highest BCUT2D eigenvalue weighted by Gasteiger charge is 2.31. The molecule has 5 heteroatoms. The van der Waals surface area contributed by atoms with E-state index in [0.29, 0.717) is 0 Å². The van der Waals surface area contributed by atoms with Crippen molar-refractivity contribution >= 4 is 13.4 Å². The molecule has 0 atom stereocenters. The molecular weight excluding hydrogens is 154 g/mol. The first-order valence-corrected chi connectivity index (χ1v) is 2.79. The summed E-state index contributed by atoms with van der Waals surface area (Å²) in [6.45, 7) is 0. The molecule has 0 aliphatic carbocycles. The molecule has 0 spiro atoms. The van der Waals surface area contributed by atoms with Gasteiger partial charge in [0.15, 0.2) is 0 Å². The summed E-state index contributed by atoms with van der Waals surface area (Å²) in [5, 5.41) is 0. The highest BCUT2D eigenvalue weighted by atomic mass is 19.4. The number of aromatic nitrogens is 1. The van der Waals surface area contributed by atoms with Crippen LogP contribution in [0, 0.1) is 0 Å². The Kier molecular flexibility index (Phi) is 1.89. The van der Waals surface area contributed by atoms with Gasteiger partial charge in [-0.3, -0.25) is 4.98 Å². The minimum atomic E-state index is -4.40. The van der Waals surface area contributed by atoms with Gasteiger partial charge in [0.1, 0.15) is 7.85 Å². The van der Waals surface area contributed by atoms with Crippen molar-refractivity contribution in [3.05, 3.63) is 23.9 Å². The van der Waals surface area contributed by atoms with E-state index in [1.165, 1.54) is 12.3 Å². The Labute approximate surface area is 62.7 Å². The maximum atomic E-state index is 11.9. The van der Waals surface area contributed by atoms with Gasteiger partial charge in [0.25, 0.3) is 0 Å². The third-order valence-electron chi connectivity index (χ3n) is 1.14.